The van der Waals surface area contributed by atoms with Gasteiger partial charge in [-0.25, -0.2) is 0 Å². The Kier molecular flexibility index (Phi) is 2.91. The second-order valence-electron chi connectivity index (χ2n) is 4.39. The summed E-state index contributed by atoms with van der Waals surface area (Å²) in [5.41, 5.74) is 1.21. The molecule has 0 aliphatic rings. The van der Waals surface area contributed by atoms with E-state index >= 15 is 0 Å². The van der Waals surface area contributed by atoms with Crippen molar-refractivity contribution in [3.63, 3.8) is 0 Å². The molecule has 0 aliphatic heterocycles. The van der Waals surface area contributed by atoms with Gasteiger partial charge in [0.1, 0.15) is 0 Å². The Bertz CT molecular complexity index is 500. The number of fused-ring (bicyclic) bond motifs is 1. The number of hydrogen-bond donors (Lipinski definition) is 1. The summed E-state index contributed by atoms with van der Waals surface area (Å²) in [6, 6.07) is 12.2. The summed E-state index contributed by atoms with van der Waals surface area (Å²) < 4.78 is 2.16. The van der Waals surface area contributed by atoms with Crippen molar-refractivity contribution in [1.82, 2.24) is 4.57 Å². The highest BCUT2D eigenvalue weighted by molar-refractivity contribution is 6.85. The van der Waals surface area contributed by atoms with Gasteiger partial charge in [0.2, 0.25) is 8.32 Å². The van der Waals surface area contributed by atoms with Crippen LogP contribution in [0.25, 0.3) is 10.9 Å². The van der Waals surface area contributed by atoms with Gasteiger partial charge < -0.3 is 9.36 Å². The molecule has 0 aliphatic carbocycles. The molecule has 3 heteroatoms. The third kappa shape index (κ3) is 1.60. The third-order valence-corrected chi connectivity index (χ3v) is 7.37. The van der Waals surface area contributed by atoms with E-state index in [1.807, 2.05) is 12.1 Å². The van der Waals surface area contributed by atoms with Crippen LogP contribution in [0, 0.1) is 0 Å². The van der Waals surface area contributed by atoms with Gasteiger partial charge in [-0.15, -0.1) is 0 Å². The summed E-state index contributed by atoms with van der Waals surface area (Å²) in [6.45, 7) is 4.18. The maximum absolute atomic E-state index is 10.7. The average molecular weight is 233 g/mol. The molecular formula is C13H19NOSi. The van der Waals surface area contributed by atoms with E-state index in [1.54, 1.807) is 0 Å². The topological polar surface area (TPSA) is 25.2 Å². The van der Waals surface area contributed by atoms with Gasteiger partial charge in [0.25, 0.3) is 0 Å². The average Bonchev–Trinajstić information content (AvgIpc) is 2.67. The first-order chi connectivity index (χ1) is 7.62. The van der Waals surface area contributed by atoms with E-state index in [4.69, 9.17) is 0 Å². The number of hydrogen-bond acceptors (Lipinski definition) is 1. The lowest BCUT2D eigenvalue weighted by atomic mass is 10.2. The molecule has 2 rings (SSSR count). The number of para-hydroxylation sites is 1. The smallest absolute Gasteiger partial charge is 0.236 e. The summed E-state index contributed by atoms with van der Waals surface area (Å²) in [5.74, 6) is 0. The second-order valence-corrected chi connectivity index (χ2v) is 8.38. The molecule has 1 heterocycles. The Labute approximate surface area is 97.7 Å². The van der Waals surface area contributed by atoms with Crippen molar-refractivity contribution in [2.24, 2.45) is 7.05 Å². The van der Waals surface area contributed by atoms with E-state index in [0.29, 0.717) is 0 Å². The van der Waals surface area contributed by atoms with Gasteiger partial charge in [0.15, 0.2) is 0 Å². The van der Waals surface area contributed by atoms with Crippen molar-refractivity contribution < 1.29 is 4.80 Å². The molecule has 0 unspecified atom stereocenters. The first kappa shape index (κ1) is 11.4. The molecule has 0 bridgehead atoms. The molecule has 0 saturated heterocycles. The Morgan fingerprint density at radius 1 is 1.19 bits per heavy atom. The van der Waals surface area contributed by atoms with E-state index in [1.165, 1.54) is 10.9 Å². The molecule has 0 spiro atoms. The minimum atomic E-state index is -2.24. The van der Waals surface area contributed by atoms with Crippen LogP contribution in [-0.2, 0) is 7.05 Å². The monoisotopic (exact) mass is 233 g/mol. The zero-order valence-corrected chi connectivity index (χ0v) is 11.2. The highest BCUT2D eigenvalue weighted by atomic mass is 28.4. The van der Waals surface area contributed by atoms with Crippen molar-refractivity contribution in [2.75, 3.05) is 0 Å². The summed E-state index contributed by atoms with van der Waals surface area (Å²) in [7, 11) is -0.182. The summed E-state index contributed by atoms with van der Waals surface area (Å²) in [5, 5.41) is 2.38. The fraction of sp³-hybridized carbons (Fsp3) is 0.385. The SMILES string of the molecule is CC[Si](O)(CC)c1cc2ccccc2n1C. The lowest BCUT2D eigenvalue weighted by Gasteiger charge is -2.22. The van der Waals surface area contributed by atoms with Crippen molar-refractivity contribution >= 4 is 24.5 Å². The molecule has 0 saturated carbocycles. The second kappa shape index (κ2) is 4.07. The number of nitrogens with zero attached hydrogens (tertiary/aromatic N) is 1. The Hall–Kier alpha value is -1.06. The van der Waals surface area contributed by atoms with E-state index < -0.39 is 8.32 Å². The van der Waals surface area contributed by atoms with Crippen LogP contribution < -0.4 is 5.32 Å². The predicted molar refractivity (Wildman–Crippen MR) is 71.5 cm³/mol. The van der Waals surface area contributed by atoms with Crippen LogP contribution in [0.1, 0.15) is 13.8 Å². The summed E-state index contributed by atoms with van der Waals surface area (Å²) >= 11 is 0. The maximum Gasteiger partial charge on any atom is 0.236 e. The van der Waals surface area contributed by atoms with E-state index in [9.17, 15) is 4.80 Å². The van der Waals surface area contributed by atoms with Crippen LogP contribution in [0.15, 0.2) is 30.3 Å². The molecule has 16 heavy (non-hydrogen) atoms. The molecule has 0 atom stereocenters. The molecule has 0 radical (unpaired) electrons. The molecule has 2 aromatic rings. The highest BCUT2D eigenvalue weighted by Gasteiger charge is 2.32. The van der Waals surface area contributed by atoms with Gasteiger partial charge in [-0.1, -0.05) is 32.0 Å². The van der Waals surface area contributed by atoms with Crippen LogP contribution in [0.4, 0.5) is 0 Å². The fourth-order valence-electron chi connectivity index (χ4n) is 2.35. The van der Waals surface area contributed by atoms with Crippen LogP contribution in [0.2, 0.25) is 12.1 Å². The zero-order valence-electron chi connectivity index (χ0n) is 10.2. The third-order valence-electron chi connectivity index (χ3n) is 3.60. The number of rotatable bonds is 3. The van der Waals surface area contributed by atoms with Crippen molar-refractivity contribution in [3.05, 3.63) is 30.3 Å². The first-order valence-corrected chi connectivity index (χ1v) is 8.26. The van der Waals surface area contributed by atoms with Gasteiger partial charge >= 0.3 is 0 Å². The minimum absolute atomic E-state index is 0.883. The van der Waals surface area contributed by atoms with Crippen molar-refractivity contribution in [3.8, 4) is 0 Å². The van der Waals surface area contributed by atoms with Crippen molar-refractivity contribution in [2.45, 2.75) is 25.9 Å². The zero-order chi connectivity index (χ0) is 11.8. The van der Waals surface area contributed by atoms with Gasteiger partial charge in [-0.05, 0) is 29.6 Å². The summed E-state index contributed by atoms with van der Waals surface area (Å²) in [6.07, 6.45) is 0. The van der Waals surface area contributed by atoms with E-state index in [2.05, 4.69) is 43.7 Å². The summed E-state index contributed by atoms with van der Waals surface area (Å²) in [4.78, 5) is 10.7. The molecule has 86 valence electrons. The lowest BCUT2D eigenvalue weighted by molar-refractivity contribution is 0.546. The molecule has 0 fully saturated rings. The fourth-order valence-corrected chi connectivity index (χ4v) is 4.74. The highest BCUT2D eigenvalue weighted by Crippen LogP contribution is 2.18. The lowest BCUT2D eigenvalue weighted by Crippen LogP contribution is -2.49. The quantitative estimate of drug-likeness (QED) is 0.809. The Morgan fingerprint density at radius 3 is 2.38 bits per heavy atom. The van der Waals surface area contributed by atoms with E-state index in [-0.39, 0.29) is 0 Å². The first-order valence-electron chi connectivity index (χ1n) is 5.89. The minimum Gasteiger partial charge on any atom is -0.426 e. The van der Waals surface area contributed by atoms with Crippen LogP contribution in [0.5, 0.6) is 0 Å². The predicted octanol–water partition coefficient (Wildman–Crippen LogP) is 2.36. The molecule has 1 aromatic heterocycles. The van der Waals surface area contributed by atoms with Crippen molar-refractivity contribution in [1.29, 1.82) is 0 Å². The van der Waals surface area contributed by atoms with Gasteiger partial charge in [0.05, 0.1) is 0 Å². The molecule has 1 aromatic carbocycles. The Morgan fingerprint density at radius 2 is 1.81 bits per heavy atom. The van der Waals surface area contributed by atoms with Crippen LogP contribution >= 0.6 is 0 Å². The van der Waals surface area contributed by atoms with Gasteiger partial charge in [0, 0.05) is 17.9 Å². The van der Waals surface area contributed by atoms with Gasteiger partial charge in [-0.2, -0.15) is 0 Å². The largest absolute Gasteiger partial charge is 0.426 e. The maximum atomic E-state index is 10.7. The molecule has 1 N–H and O–H groups in total. The molecular weight excluding hydrogens is 214 g/mol. The number of aryl methyl sites for hydroxylation is 1. The molecule has 0 amide bonds. The van der Waals surface area contributed by atoms with Crippen LogP contribution in [0.3, 0.4) is 0 Å². The molecule has 2 nitrogen and oxygen atoms in total. The normalized spacial score (nSPS) is 12.2. The Balaban J connectivity index is 2.65. The number of aromatic nitrogens is 1. The number of benzene rings is 1. The van der Waals surface area contributed by atoms with Crippen LogP contribution in [-0.4, -0.2) is 17.7 Å². The standard InChI is InChI=1S/C13H19NOSi/c1-4-16(15,5-2)13-10-11-8-6-7-9-12(11)14(13)3/h6-10,15H,4-5H2,1-3H3. The van der Waals surface area contributed by atoms with Gasteiger partial charge in [-0.3, -0.25) is 0 Å². The van der Waals surface area contributed by atoms with E-state index in [0.717, 1.165) is 17.4 Å².